The lowest BCUT2D eigenvalue weighted by molar-refractivity contribution is 0.238. The van der Waals surface area contributed by atoms with Crippen molar-refractivity contribution >= 4 is 41.2 Å². The first-order chi connectivity index (χ1) is 8.11. The summed E-state index contributed by atoms with van der Waals surface area (Å²) in [6.45, 7) is 2.62. The Hall–Kier alpha value is 1.15. The lowest BCUT2D eigenvalue weighted by atomic mass is 10.5. The zero-order valence-corrected chi connectivity index (χ0v) is 14.5. The second-order valence-corrected chi connectivity index (χ2v) is 9.33. The Morgan fingerprint density at radius 3 is 2.00 bits per heavy atom. The Morgan fingerprint density at radius 1 is 1.06 bits per heavy atom. The predicted octanol–water partition coefficient (Wildman–Crippen LogP) is 3.57. The Balaban J connectivity index is 3.73. The molecule has 5 nitrogen and oxygen atoms in total. The van der Waals surface area contributed by atoms with Gasteiger partial charge in [0.25, 0.3) is 0 Å². The van der Waals surface area contributed by atoms with Crippen LogP contribution in [0.15, 0.2) is 0 Å². The van der Waals surface area contributed by atoms with Gasteiger partial charge in [0.1, 0.15) is 0 Å². The van der Waals surface area contributed by atoms with Gasteiger partial charge in [-0.15, -0.1) is 0 Å². The highest BCUT2D eigenvalue weighted by Gasteiger charge is 2.28. The van der Waals surface area contributed by atoms with Gasteiger partial charge in [-0.25, -0.2) is 7.94 Å². The van der Waals surface area contributed by atoms with E-state index in [1.165, 1.54) is 24.1 Å². The molecule has 0 atom stereocenters. The van der Waals surface area contributed by atoms with E-state index >= 15 is 0 Å². The zero-order chi connectivity index (χ0) is 13.1. The Labute approximate surface area is 115 Å². The molecule has 0 saturated heterocycles. The summed E-state index contributed by atoms with van der Waals surface area (Å²) in [5, 5.41) is 0. The lowest BCUT2D eigenvalue weighted by Gasteiger charge is -2.22. The molecule has 0 aromatic rings. The standard InChI is InChI=1S/C8H21O5PS2Si/c1-9-17(5,10-2)8-6-7-11-14(12-15-3)13-16-4/h6-8H2,1-5H3. The van der Waals surface area contributed by atoms with Gasteiger partial charge >= 0.3 is 17.2 Å². The molecule has 0 aliphatic carbocycles. The Bertz CT molecular complexity index is 181. The van der Waals surface area contributed by atoms with Crippen molar-refractivity contribution < 1.29 is 21.3 Å². The third-order valence-electron chi connectivity index (χ3n) is 2.11. The second-order valence-electron chi connectivity index (χ2n) is 3.18. The Kier molecular flexibility index (Phi) is 11.8. The summed E-state index contributed by atoms with van der Waals surface area (Å²) in [5.74, 6) is 0. The van der Waals surface area contributed by atoms with Crippen molar-refractivity contribution in [2.45, 2.75) is 19.0 Å². The topological polar surface area (TPSA) is 46.2 Å². The summed E-state index contributed by atoms with van der Waals surface area (Å²) in [4.78, 5) is 0. The molecule has 0 unspecified atom stereocenters. The van der Waals surface area contributed by atoms with Crippen LogP contribution in [0.5, 0.6) is 0 Å². The van der Waals surface area contributed by atoms with Crippen molar-refractivity contribution in [1.29, 1.82) is 0 Å². The molecule has 0 heterocycles. The van der Waals surface area contributed by atoms with E-state index in [0.717, 1.165) is 12.5 Å². The number of hydrogen-bond donors (Lipinski definition) is 0. The van der Waals surface area contributed by atoms with E-state index in [2.05, 4.69) is 0 Å². The number of rotatable bonds is 11. The van der Waals surface area contributed by atoms with Crippen LogP contribution in [0.1, 0.15) is 6.42 Å². The lowest BCUT2D eigenvalue weighted by Crippen LogP contribution is -2.36. The molecule has 104 valence electrons. The summed E-state index contributed by atoms with van der Waals surface area (Å²) in [7, 11) is 0.155. The van der Waals surface area contributed by atoms with E-state index in [1.54, 1.807) is 14.2 Å². The van der Waals surface area contributed by atoms with Gasteiger partial charge in [-0.1, -0.05) is 0 Å². The van der Waals surface area contributed by atoms with Crippen LogP contribution < -0.4 is 0 Å². The van der Waals surface area contributed by atoms with E-state index in [0.29, 0.717) is 6.61 Å². The largest absolute Gasteiger partial charge is 0.398 e. The highest BCUT2D eigenvalue weighted by Crippen LogP contribution is 2.46. The van der Waals surface area contributed by atoms with E-state index in [9.17, 15) is 0 Å². The average Bonchev–Trinajstić information content (AvgIpc) is 2.34. The van der Waals surface area contributed by atoms with Crippen LogP contribution in [0.25, 0.3) is 0 Å². The summed E-state index contributed by atoms with van der Waals surface area (Å²) in [6, 6.07) is 0.891. The van der Waals surface area contributed by atoms with Crippen LogP contribution in [0, 0.1) is 0 Å². The molecule has 0 amide bonds. The quantitative estimate of drug-likeness (QED) is 0.249. The molecule has 0 N–H and O–H groups in total. The summed E-state index contributed by atoms with van der Waals surface area (Å²) >= 11 is 2.49. The molecule has 17 heavy (non-hydrogen) atoms. The van der Waals surface area contributed by atoms with Crippen LogP contribution >= 0.6 is 32.7 Å². The van der Waals surface area contributed by atoms with E-state index in [1.807, 2.05) is 19.1 Å². The van der Waals surface area contributed by atoms with Crippen LogP contribution in [0.4, 0.5) is 0 Å². The minimum Gasteiger partial charge on any atom is -0.398 e. The highest BCUT2D eigenvalue weighted by molar-refractivity contribution is 8.00. The van der Waals surface area contributed by atoms with Crippen LogP contribution in [0.2, 0.25) is 12.6 Å². The van der Waals surface area contributed by atoms with Crippen molar-refractivity contribution in [2.24, 2.45) is 0 Å². The first-order valence-corrected chi connectivity index (χ1v) is 11.0. The van der Waals surface area contributed by atoms with E-state index in [4.69, 9.17) is 21.3 Å². The monoisotopic (exact) mass is 320 g/mol. The fourth-order valence-corrected chi connectivity index (χ4v) is 4.28. The van der Waals surface area contributed by atoms with Crippen LogP contribution in [-0.2, 0) is 21.3 Å². The van der Waals surface area contributed by atoms with Gasteiger partial charge in [-0.2, -0.15) is 0 Å². The molecule has 0 radical (unpaired) electrons. The van der Waals surface area contributed by atoms with Gasteiger partial charge in [-0.3, -0.25) is 0 Å². The molecule has 0 aliphatic heterocycles. The molecule has 0 saturated carbocycles. The zero-order valence-electron chi connectivity index (χ0n) is 10.9. The molecule has 0 bridgehead atoms. The van der Waals surface area contributed by atoms with Gasteiger partial charge < -0.3 is 13.4 Å². The third-order valence-corrected chi connectivity index (χ3v) is 7.65. The normalized spacial score (nSPS) is 12.4. The van der Waals surface area contributed by atoms with E-state index in [-0.39, 0.29) is 0 Å². The molecule has 0 rings (SSSR count). The first-order valence-electron chi connectivity index (χ1n) is 5.06. The maximum Gasteiger partial charge on any atom is 0.357 e. The van der Waals surface area contributed by atoms with Crippen molar-refractivity contribution in [3.05, 3.63) is 0 Å². The molecule has 0 aliphatic rings. The average molecular weight is 320 g/mol. The molecule has 0 fully saturated rings. The minimum atomic E-state index is -1.97. The maximum absolute atomic E-state index is 5.50. The second kappa shape index (κ2) is 11.0. The smallest absolute Gasteiger partial charge is 0.357 e. The predicted molar refractivity (Wildman–Crippen MR) is 77.1 cm³/mol. The van der Waals surface area contributed by atoms with Gasteiger partial charge in [0.05, 0.1) is 6.61 Å². The highest BCUT2D eigenvalue weighted by atomic mass is 32.2. The van der Waals surface area contributed by atoms with Crippen LogP contribution in [-0.4, -0.2) is 41.9 Å². The SMILES string of the molecule is CO[Si](C)(CCCOP(OSC)OSC)OC. The van der Waals surface area contributed by atoms with Crippen LogP contribution in [0.3, 0.4) is 0 Å². The molecule has 9 heteroatoms. The van der Waals surface area contributed by atoms with Crippen molar-refractivity contribution in [3.8, 4) is 0 Å². The molecular weight excluding hydrogens is 299 g/mol. The summed E-state index contributed by atoms with van der Waals surface area (Å²) in [6.07, 6.45) is 4.54. The maximum atomic E-state index is 5.50. The number of hydrogen-bond acceptors (Lipinski definition) is 7. The first kappa shape index (κ1) is 18.1. The third kappa shape index (κ3) is 8.80. The fraction of sp³-hybridized carbons (Fsp3) is 1.00. The molecule has 0 aromatic carbocycles. The minimum absolute atomic E-state index is 0.585. The van der Waals surface area contributed by atoms with Gasteiger partial charge in [0.15, 0.2) is 0 Å². The summed E-state index contributed by atoms with van der Waals surface area (Å²) in [5.41, 5.74) is 0. The van der Waals surface area contributed by atoms with Crippen molar-refractivity contribution in [2.75, 3.05) is 33.3 Å². The molecular formula is C8H21O5PS2Si. The van der Waals surface area contributed by atoms with E-state index < -0.39 is 17.2 Å². The van der Waals surface area contributed by atoms with Crippen molar-refractivity contribution in [3.63, 3.8) is 0 Å². The van der Waals surface area contributed by atoms with Gasteiger partial charge in [0, 0.05) is 26.7 Å². The van der Waals surface area contributed by atoms with Gasteiger partial charge in [-0.05, 0) is 43.1 Å². The molecule has 0 spiro atoms. The molecule has 0 aromatic heterocycles. The fourth-order valence-electron chi connectivity index (χ4n) is 0.997. The summed E-state index contributed by atoms with van der Waals surface area (Å²) < 4.78 is 26.7. The van der Waals surface area contributed by atoms with Gasteiger partial charge in [0.2, 0.25) is 0 Å². The Morgan fingerprint density at radius 2 is 1.59 bits per heavy atom. The van der Waals surface area contributed by atoms with Crippen molar-refractivity contribution in [1.82, 2.24) is 0 Å².